The Morgan fingerprint density at radius 2 is 1.81 bits per heavy atom. The summed E-state index contributed by atoms with van der Waals surface area (Å²) in [5.41, 5.74) is 2.28. The third-order valence-electron chi connectivity index (χ3n) is 4.15. The lowest BCUT2D eigenvalue weighted by molar-refractivity contribution is 0.167. The normalized spacial score (nSPS) is 17.4. The minimum absolute atomic E-state index is 0.462. The van der Waals surface area contributed by atoms with Gasteiger partial charge in [0.2, 0.25) is 0 Å². The summed E-state index contributed by atoms with van der Waals surface area (Å²) in [6, 6.07) is 14.8. The first-order valence-electron chi connectivity index (χ1n) is 7.68. The smallest absolute Gasteiger partial charge is 0.0915 e. The predicted octanol–water partition coefficient (Wildman–Crippen LogP) is 2.73. The van der Waals surface area contributed by atoms with Crippen LogP contribution in [0.2, 0.25) is 0 Å². The zero-order valence-electron chi connectivity index (χ0n) is 12.2. The summed E-state index contributed by atoms with van der Waals surface area (Å²) in [4.78, 5) is 3.99. The topological polar surface area (TPSA) is 45.1 Å². The first-order valence-corrected chi connectivity index (χ1v) is 7.68. The van der Waals surface area contributed by atoms with E-state index in [-0.39, 0.29) is 0 Å². The van der Waals surface area contributed by atoms with Crippen molar-refractivity contribution in [3.05, 3.63) is 66.0 Å². The van der Waals surface area contributed by atoms with E-state index in [0.717, 1.165) is 17.9 Å². The maximum Gasteiger partial charge on any atom is 0.0915 e. The molecule has 0 aliphatic heterocycles. The molecular weight excluding hydrogens is 260 g/mol. The summed E-state index contributed by atoms with van der Waals surface area (Å²) < 4.78 is 0. The summed E-state index contributed by atoms with van der Waals surface area (Å²) in [5.74, 6) is 0.759. The van der Waals surface area contributed by atoms with Gasteiger partial charge in [0.15, 0.2) is 0 Å². The first-order chi connectivity index (χ1) is 10.3. The van der Waals surface area contributed by atoms with Crippen LogP contribution in [0.4, 0.5) is 0 Å². The molecule has 1 aliphatic carbocycles. The highest BCUT2D eigenvalue weighted by Gasteiger charge is 2.31. The SMILES string of the molecule is OC(CNC(Cc1ccccc1)C1CC1)c1ccncc1. The van der Waals surface area contributed by atoms with Crippen LogP contribution in [0.25, 0.3) is 0 Å². The molecule has 0 radical (unpaired) electrons. The molecule has 2 aromatic rings. The van der Waals surface area contributed by atoms with Gasteiger partial charge in [-0.25, -0.2) is 0 Å². The number of aromatic nitrogens is 1. The monoisotopic (exact) mass is 282 g/mol. The van der Waals surface area contributed by atoms with Crippen LogP contribution in [0.15, 0.2) is 54.9 Å². The number of benzene rings is 1. The summed E-state index contributed by atoms with van der Waals surface area (Å²) in [6.45, 7) is 0.595. The van der Waals surface area contributed by atoms with Gasteiger partial charge in [0.1, 0.15) is 0 Å². The lowest BCUT2D eigenvalue weighted by Gasteiger charge is -2.21. The zero-order chi connectivity index (χ0) is 14.5. The molecule has 3 rings (SSSR count). The van der Waals surface area contributed by atoms with E-state index in [0.29, 0.717) is 12.6 Å². The molecule has 0 amide bonds. The lowest BCUT2D eigenvalue weighted by Crippen LogP contribution is -2.36. The van der Waals surface area contributed by atoms with E-state index in [4.69, 9.17) is 0 Å². The van der Waals surface area contributed by atoms with E-state index < -0.39 is 6.10 Å². The predicted molar refractivity (Wildman–Crippen MR) is 83.9 cm³/mol. The maximum atomic E-state index is 10.2. The number of aliphatic hydroxyl groups is 1. The molecule has 1 aliphatic rings. The first kappa shape index (κ1) is 14.2. The minimum Gasteiger partial charge on any atom is -0.387 e. The molecule has 2 N–H and O–H groups in total. The standard InChI is InChI=1S/C18H22N2O/c21-18(16-8-10-19-11-9-16)13-20-17(15-6-7-15)12-14-4-2-1-3-5-14/h1-5,8-11,15,17-18,20-21H,6-7,12-13H2. The number of pyridine rings is 1. The van der Waals surface area contributed by atoms with Gasteiger partial charge in [-0.2, -0.15) is 0 Å². The number of hydrogen-bond donors (Lipinski definition) is 2. The second-order valence-electron chi connectivity index (χ2n) is 5.84. The van der Waals surface area contributed by atoms with Crippen molar-refractivity contribution in [3.8, 4) is 0 Å². The molecule has 0 bridgehead atoms. The molecule has 3 heteroatoms. The van der Waals surface area contributed by atoms with Gasteiger partial charge in [-0.15, -0.1) is 0 Å². The second-order valence-corrected chi connectivity index (χ2v) is 5.84. The van der Waals surface area contributed by atoms with Gasteiger partial charge in [-0.05, 0) is 48.4 Å². The van der Waals surface area contributed by atoms with Gasteiger partial charge in [0, 0.05) is 25.0 Å². The van der Waals surface area contributed by atoms with Crippen molar-refractivity contribution in [1.82, 2.24) is 10.3 Å². The van der Waals surface area contributed by atoms with E-state index in [1.54, 1.807) is 12.4 Å². The highest BCUT2D eigenvalue weighted by molar-refractivity contribution is 5.17. The zero-order valence-corrected chi connectivity index (χ0v) is 12.2. The van der Waals surface area contributed by atoms with Crippen molar-refractivity contribution in [2.24, 2.45) is 5.92 Å². The third kappa shape index (κ3) is 4.13. The Hall–Kier alpha value is -1.71. The number of aliphatic hydroxyl groups excluding tert-OH is 1. The molecule has 1 fully saturated rings. The van der Waals surface area contributed by atoms with Crippen LogP contribution in [0.5, 0.6) is 0 Å². The Bertz CT molecular complexity index is 540. The number of rotatable bonds is 7. The van der Waals surface area contributed by atoms with Crippen LogP contribution in [-0.2, 0) is 6.42 Å². The van der Waals surface area contributed by atoms with Gasteiger partial charge < -0.3 is 10.4 Å². The van der Waals surface area contributed by atoms with Crippen molar-refractivity contribution in [2.75, 3.05) is 6.54 Å². The molecule has 0 spiro atoms. The number of nitrogens with zero attached hydrogens (tertiary/aromatic N) is 1. The van der Waals surface area contributed by atoms with Crippen LogP contribution in [0, 0.1) is 5.92 Å². The second kappa shape index (κ2) is 6.83. The molecule has 2 atom stereocenters. The largest absolute Gasteiger partial charge is 0.387 e. The third-order valence-corrected chi connectivity index (χ3v) is 4.15. The van der Waals surface area contributed by atoms with Crippen LogP contribution in [0.1, 0.15) is 30.1 Å². The Balaban J connectivity index is 1.56. The fourth-order valence-electron chi connectivity index (χ4n) is 2.74. The quantitative estimate of drug-likeness (QED) is 0.821. The Morgan fingerprint density at radius 1 is 1.10 bits per heavy atom. The molecule has 1 heterocycles. The van der Waals surface area contributed by atoms with Gasteiger partial charge in [0.25, 0.3) is 0 Å². The molecule has 21 heavy (non-hydrogen) atoms. The van der Waals surface area contributed by atoms with Crippen LogP contribution in [-0.4, -0.2) is 22.7 Å². The van der Waals surface area contributed by atoms with Crippen molar-refractivity contribution in [3.63, 3.8) is 0 Å². The molecule has 3 nitrogen and oxygen atoms in total. The summed E-state index contributed by atoms with van der Waals surface area (Å²) in [6.07, 6.45) is 6.62. The molecule has 1 aromatic heterocycles. The highest BCUT2D eigenvalue weighted by atomic mass is 16.3. The van der Waals surface area contributed by atoms with E-state index in [9.17, 15) is 5.11 Å². The Kier molecular flexibility index (Phi) is 4.63. The van der Waals surface area contributed by atoms with Crippen molar-refractivity contribution < 1.29 is 5.11 Å². The molecule has 1 aromatic carbocycles. The van der Waals surface area contributed by atoms with Crippen molar-refractivity contribution in [2.45, 2.75) is 31.4 Å². The molecule has 0 saturated heterocycles. The summed E-state index contributed by atoms with van der Waals surface area (Å²) in [5, 5.41) is 13.8. The summed E-state index contributed by atoms with van der Waals surface area (Å²) >= 11 is 0. The lowest BCUT2D eigenvalue weighted by atomic mass is 10.0. The Labute approximate surface area is 126 Å². The molecule has 2 unspecified atom stereocenters. The van der Waals surface area contributed by atoms with Gasteiger partial charge in [-0.1, -0.05) is 30.3 Å². The van der Waals surface area contributed by atoms with Crippen LogP contribution >= 0.6 is 0 Å². The van der Waals surface area contributed by atoms with E-state index in [1.165, 1.54) is 18.4 Å². The van der Waals surface area contributed by atoms with E-state index in [2.05, 4.69) is 40.6 Å². The van der Waals surface area contributed by atoms with Crippen LogP contribution in [0.3, 0.4) is 0 Å². The average molecular weight is 282 g/mol. The summed E-state index contributed by atoms with van der Waals surface area (Å²) in [7, 11) is 0. The molecular formula is C18H22N2O. The Morgan fingerprint density at radius 3 is 2.48 bits per heavy atom. The highest BCUT2D eigenvalue weighted by Crippen LogP contribution is 2.34. The molecule has 110 valence electrons. The van der Waals surface area contributed by atoms with E-state index >= 15 is 0 Å². The molecule has 1 saturated carbocycles. The van der Waals surface area contributed by atoms with Gasteiger partial charge in [0.05, 0.1) is 6.10 Å². The minimum atomic E-state index is -0.468. The van der Waals surface area contributed by atoms with Crippen molar-refractivity contribution in [1.29, 1.82) is 0 Å². The van der Waals surface area contributed by atoms with Gasteiger partial charge in [-0.3, -0.25) is 4.98 Å². The van der Waals surface area contributed by atoms with Crippen molar-refractivity contribution >= 4 is 0 Å². The van der Waals surface area contributed by atoms with E-state index in [1.807, 2.05) is 12.1 Å². The number of nitrogens with one attached hydrogen (secondary N) is 1. The maximum absolute atomic E-state index is 10.2. The van der Waals surface area contributed by atoms with Crippen LogP contribution < -0.4 is 5.32 Å². The fourth-order valence-corrected chi connectivity index (χ4v) is 2.74. The number of hydrogen-bond acceptors (Lipinski definition) is 3. The van der Waals surface area contributed by atoms with Gasteiger partial charge >= 0.3 is 0 Å². The fraction of sp³-hybridized carbons (Fsp3) is 0.389. The average Bonchev–Trinajstić information content (AvgIpc) is 3.38.